The Kier molecular flexibility index (Phi) is 4.19. The van der Waals surface area contributed by atoms with Crippen molar-refractivity contribution in [2.24, 2.45) is 0 Å². The van der Waals surface area contributed by atoms with Crippen molar-refractivity contribution in [2.45, 2.75) is 25.1 Å². The number of rotatable bonds is 3. The second-order valence-corrected chi connectivity index (χ2v) is 5.70. The predicted molar refractivity (Wildman–Crippen MR) is 81.3 cm³/mol. The molecular formula is C18H17FN2O. The van der Waals surface area contributed by atoms with Crippen molar-refractivity contribution in [1.82, 2.24) is 4.90 Å². The van der Waals surface area contributed by atoms with Gasteiger partial charge in [-0.25, -0.2) is 4.39 Å². The zero-order chi connectivity index (χ0) is 15.5. The van der Waals surface area contributed by atoms with Crippen LogP contribution in [0.1, 0.15) is 29.2 Å². The minimum absolute atomic E-state index is 0.0891. The van der Waals surface area contributed by atoms with E-state index in [9.17, 15) is 9.50 Å². The third kappa shape index (κ3) is 3.16. The largest absolute Gasteiger partial charge is 0.392 e. The molecule has 1 aliphatic rings. The Morgan fingerprint density at radius 3 is 2.45 bits per heavy atom. The summed E-state index contributed by atoms with van der Waals surface area (Å²) in [6.45, 7) is 1.30. The van der Waals surface area contributed by atoms with Crippen molar-refractivity contribution in [1.29, 1.82) is 5.26 Å². The standard InChI is InChI=1S/C18H17FN2O/c19-16-7-5-15(6-8-16)18-9-17(22)12-21(18)11-14-3-1-13(10-20)2-4-14/h1-8,17-18,22H,9,11-12H2/t17-,18-/m0/s1. The number of β-amino-alcohol motifs (C(OH)–C–C–N with tert-alkyl or cyclic N) is 1. The molecule has 0 aromatic heterocycles. The van der Waals surface area contributed by atoms with Crippen LogP contribution in [0, 0.1) is 17.1 Å². The highest BCUT2D eigenvalue weighted by Crippen LogP contribution is 2.33. The van der Waals surface area contributed by atoms with Crippen molar-refractivity contribution in [3.8, 4) is 6.07 Å². The first-order valence-corrected chi connectivity index (χ1v) is 7.32. The number of likely N-dealkylation sites (tertiary alicyclic amines) is 1. The van der Waals surface area contributed by atoms with Gasteiger partial charge in [0.25, 0.3) is 0 Å². The van der Waals surface area contributed by atoms with E-state index in [-0.39, 0.29) is 18.0 Å². The normalized spacial score (nSPS) is 21.7. The predicted octanol–water partition coefficient (Wildman–Crippen LogP) is 3.01. The molecular weight excluding hydrogens is 279 g/mol. The number of hydrogen-bond donors (Lipinski definition) is 1. The number of halogens is 1. The zero-order valence-corrected chi connectivity index (χ0v) is 12.1. The number of aliphatic hydroxyl groups excluding tert-OH is 1. The first kappa shape index (κ1) is 14.7. The number of benzene rings is 2. The first-order valence-electron chi connectivity index (χ1n) is 7.32. The van der Waals surface area contributed by atoms with Gasteiger partial charge in [-0.1, -0.05) is 24.3 Å². The number of aliphatic hydroxyl groups is 1. The molecule has 0 aliphatic carbocycles. The van der Waals surface area contributed by atoms with Crippen LogP contribution < -0.4 is 0 Å². The third-order valence-corrected chi connectivity index (χ3v) is 4.10. The van der Waals surface area contributed by atoms with Crippen LogP contribution in [0.5, 0.6) is 0 Å². The average molecular weight is 296 g/mol. The molecule has 4 heteroatoms. The van der Waals surface area contributed by atoms with Gasteiger partial charge in [-0.2, -0.15) is 5.26 Å². The van der Waals surface area contributed by atoms with Crippen LogP contribution in [0.25, 0.3) is 0 Å². The lowest BCUT2D eigenvalue weighted by Crippen LogP contribution is -2.24. The Morgan fingerprint density at radius 2 is 1.82 bits per heavy atom. The molecule has 0 radical (unpaired) electrons. The fourth-order valence-corrected chi connectivity index (χ4v) is 3.01. The molecule has 1 heterocycles. The molecule has 0 bridgehead atoms. The van der Waals surface area contributed by atoms with E-state index < -0.39 is 0 Å². The Balaban J connectivity index is 1.78. The van der Waals surface area contributed by atoms with E-state index in [0.29, 0.717) is 25.1 Å². The van der Waals surface area contributed by atoms with E-state index in [1.807, 2.05) is 12.1 Å². The number of nitriles is 1. The lowest BCUT2D eigenvalue weighted by atomic mass is 10.0. The van der Waals surface area contributed by atoms with Crippen LogP contribution in [0.15, 0.2) is 48.5 Å². The second-order valence-electron chi connectivity index (χ2n) is 5.70. The topological polar surface area (TPSA) is 47.3 Å². The molecule has 1 aliphatic heterocycles. The molecule has 3 nitrogen and oxygen atoms in total. The molecule has 3 rings (SSSR count). The molecule has 1 fully saturated rings. The fraction of sp³-hybridized carbons (Fsp3) is 0.278. The SMILES string of the molecule is N#Cc1ccc(CN2C[C@@H](O)C[C@H]2c2ccc(F)cc2)cc1. The second kappa shape index (κ2) is 6.27. The fourth-order valence-electron chi connectivity index (χ4n) is 3.01. The van der Waals surface area contributed by atoms with E-state index in [2.05, 4.69) is 11.0 Å². The summed E-state index contributed by atoms with van der Waals surface area (Å²) in [7, 11) is 0. The van der Waals surface area contributed by atoms with Gasteiger partial charge in [0.2, 0.25) is 0 Å². The first-order chi connectivity index (χ1) is 10.7. The summed E-state index contributed by atoms with van der Waals surface area (Å²) >= 11 is 0. The van der Waals surface area contributed by atoms with Gasteiger partial charge in [0.1, 0.15) is 5.82 Å². The molecule has 2 aromatic rings. The van der Waals surface area contributed by atoms with Crippen molar-refractivity contribution >= 4 is 0 Å². The highest BCUT2D eigenvalue weighted by Gasteiger charge is 2.31. The third-order valence-electron chi connectivity index (χ3n) is 4.10. The highest BCUT2D eigenvalue weighted by molar-refractivity contribution is 5.32. The summed E-state index contributed by atoms with van der Waals surface area (Å²) in [6, 6.07) is 16.1. The van der Waals surface area contributed by atoms with E-state index in [1.165, 1.54) is 12.1 Å². The van der Waals surface area contributed by atoms with Gasteiger partial charge >= 0.3 is 0 Å². The summed E-state index contributed by atoms with van der Waals surface area (Å²) < 4.78 is 13.1. The van der Waals surface area contributed by atoms with Crippen molar-refractivity contribution in [3.63, 3.8) is 0 Å². The van der Waals surface area contributed by atoms with E-state index in [1.54, 1.807) is 24.3 Å². The maximum atomic E-state index is 13.1. The Bertz CT molecular complexity index is 676. The van der Waals surface area contributed by atoms with Crippen LogP contribution in [0.4, 0.5) is 4.39 Å². The molecule has 0 spiro atoms. The molecule has 0 amide bonds. The minimum atomic E-state index is -0.367. The monoisotopic (exact) mass is 296 g/mol. The van der Waals surface area contributed by atoms with Crippen molar-refractivity contribution in [3.05, 3.63) is 71.0 Å². The molecule has 1 N–H and O–H groups in total. The smallest absolute Gasteiger partial charge is 0.123 e. The summed E-state index contributed by atoms with van der Waals surface area (Å²) in [5.41, 5.74) is 2.76. The number of nitrogens with zero attached hydrogens (tertiary/aromatic N) is 2. The van der Waals surface area contributed by atoms with E-state index >= 15 is 0 Å². The van der Waals surface area contributed by atoms with Crippen LogP contribution in [-0.2, 0) is 6.54 Å². The van der Waals surface area contributed by atoms with Gasteiger partial charge in [0, 0.05) is 19.1 Å². The maximum Gasteiger partial charge on any atom is 0.123 e. The van der Waals surface area contributed by atoms with E-state index in [0.717, 1.165) is 11.1 Å². The van der Waals surface area contributed by atoms with Crippen molar-refractivity contribution < 1.29 is 9.50 Å². The van der Waals surface area contributed by atoms with Crippen LogP contribution in [0.2, 0.25) is 0 Å². The van der Waals surface area contributed by atoms with Gasteiger partial charge in [0.15, 0.2) is 0 Å². The average Bonchev–Trinajstić information content (AvgIpc) is 2.89. The quantitative estimate of drug-likeness (QED) is 0.947. The maximum absolute atomic E-state index is 13.1. The van der Waals surface area contributed by atoms with Crippen LogP contribution >= 0.6 is 0 Å². The molecule has 22 heavy (non-hydrogen) atoms. The Labute approximate surface area is 129 Å². The molecule has 0 saturated carbocycles. The van der Waals surface area contributed by atoms with Gasteiger partial charge in [-0.05, 0) is 41.8 Å². The molecule has 1 saturated heterocycles. The lowest BCUT2D eigenvalue weighted by Gasteiger charge is -2.24. The Hall–Kier alpha value is -2.22. The summed E-state index contributed by atoms with van der Waals surface area (Å²) in [6.07, 6.45) is 0.287. The number of hydrogen-bond acceptors (Lipinski definition) is 3. The molecule has 2 atom stereocenters. The summed E-state index contributed by atoms with van der Waals surface area (Å²) in [5.74, 6) is -0.249. The lowest BCUT2D eigenvalue weighted by molar-refractivity contribution is 0.172. The summed E-state index contributed by atoms with van der Waals surface area (Å²) in [4.78, 5) is 2.19. The van der Waals surface area contributed by atoms with Gasteiger partial charge in [-0.15, -0.1) is 0 Å². The Morgan fingerprint density at radius 1 is 1.14 bits per heavy atom. The van der Waals surface area contributed by atoms with Crippen LogP contribution in [0.3, 0.4) is 0 Å². The highest BCUT2D eigenvalue weighted by atomic mass is 19.1. The molecule has 0 unspecified atom stereocenters. The van der Waals surface area contributed by atoms with Crippen LogP contribution in [-0.4, -0.2) is 22.7 Å². The van der Waals surface area contributed by atoms with E-state index in [4.69, 9.17) is 5.26 Å². The van der Waals surface area contributed by atoms with Crippen molar-refractivity contribution in [2.75, 3.05) is 6.54 Å². The van der Waals surface area contributed by atoms with Gasteiger partial charge in [0.05, 0.1) is 17.7 Å². The molecule has 112 valence electrons. The van der Waals surface area contributed by atoms with Gasteiger partial charge in [-0.3, -0.25) is 4.90 Å². The minimum Gasteiger partial charge on any atom is -0.392 e. The summed E-state index contributed by atoms with van der Waals surface area (Å²) in [5, 5.41) is 18.8. The zero-order valence-electron chi connectivity index (χ0n) is 12.1. The van der Waals surface area contributed by atoms with Gasteiger partial charge < -0.3 is 5.11 Å². The molecule has 2 aromatic carbocycles.